The van der Waals surface area contributed by atoms with Gasteiger partial charge in [-0.1, -0.05) is 119 Å². The largest absolute Gasteiger partial charge is 0.334 e. The van der Waals surface area contributed by atoms with Crippen LogP contribution in [0.2, 0.25) is 13.1 Å². The summed E-state index contributed by atoms with van der Waals surface area (Å²) >= 11 is 0. The third-order valence-electron chi connectivity index (χ3n) is 7.24. The summed E-state index contributed by atoms with van der Waals surface area (Å²) in [6.45, 7) is 5.15. The van der Waals surface area contributed by atoms with Gasteiger partial charge in [-0.25, -0.2) is 0 Å². The molecule has 1 saturated carbocycles. The highest BCUT2D eigenvalue weighted by molar-refractivity contribution is 6.77. The average Bonchev–Trinajstić information content (AvgIpc) is 3.05. The number of hydrogen-bond acceptors (Lipinski definition) is 1. The van der Waals surface area contributed by atoms with Gasteiger partial charge >= 0.3 is 0 Å². The summed E-state index contributed by atoms with van der Waals surface area (Å²) in [6, 6.07) is 19.0. The highest BCUT2D eigenvalue weighted by atomic mass is 28.3. The van der Waals surface area contributed by atoms with Crippen LogP contribution in [0, 0.1) is 0 Å². The zero-order valence-electron chi connectivity index (χ0n) is 18.6. The van der Waals surface area contributed by atoms with Crippen molar-refractivity contribution in [3.8, 4) is 11.1 Å². The van der Waals surface area contributed by atoms with Gasteiger partial charge in [-0.3, -0.25) is 0 Å². The second kappa shape index (κ2) is 9.62. The molecule has 1 fully saturated rings. The molecule has 1 N–H and O–H groups in total. The van der Waals surface area contributed by atoms with Crippen LogP contribution < -0.4 is 4.98 Å². The second-order valence-electron chi connectivity index (χ2n) is 9.93. The minimum atomic E-state index is -1.70. The molecule has 2 aliphatic rings. The normalized spacial score (nSPS) is 19.8. The van der Waals surface area contributed by atoms with Gasteiger partial charge in [0.1, 0.15) is 8.24 Å². The molecule has 0 aliphatic heterocycles. The van der Waals surface area contributed by atoms with Gasteiger partial charge < -0.3 is 4.98 Å². The maximum absolute atomic E-state index is 4.31. The van der Waals surface area contributed by atoms with Crippen LogP contribution in [0.1, 0.15) is 87.3 Å². The smallest absolute Gasteiger partial charge is 0.131 e. The first kappa shape index (κ1) is 20.9. The summed E-state index contributed by atoms with van der Waals surface area (Å²) in [4.78, 5) is 4.31. The molecule has 2 aliphatic carbocycles. The fourth-order valence-corrected chi connectivity index (χ4v) is 9.42. The summed E-state index contributed by atoms with van der Waals surface area (Å²) in [5.41, 5.74) is 6.62. The molecule has 0 bridgehead atoms. The van der Waals surface area contributed by atoms with Gasteiger partial charge in [0, 0.05) is 11.6 Å². The van der Waals surface area contributed by atoms with Crippen LogP contribution in [0.3, 0.4) is 0 Å². The van der Waals surface area contributed by atoms with E-state index in [0.29, 0.717) is 11.6 Å². The van der Waals surface area contributed by atoms with Crippen molar-refractivity contribution in [2.24, 2.45) is 0 Å². The Bertz CT molecular complexity index is 739. The molecule has 0 unspecified atom stereocenters. The Kier molecular flexibility index (Phi) is 6.92. The molecule has 156 valence electrons. The van der Waals surface area contributed by atoms with Gasteiger partial charge in [0.15, 0.2) is 0 Å². The van der Waals surface area contributed by atoms with Crippen molar-refractivity contribution in [1.82, 2.24) is 4.98 Å². The molecular weight excluding hydrogens is 366 g/mol. The molecule has 0 aromatic heterocycles. The fourth-order valence-electron chi connectivity index (χ4n) is 5.85. The lowest BCUT2D eigenvalue weighted by Crippen LogP contribution is -2.54. The van der Waals surface area contributed by atoms with Crippen LogP contribution in [0.15, 0.2) is 48.5 Å². The van der Waals surface area contributed by atoms with Crippen molar-refractivity contribution in [1.29, 1.82) is 0 Å². The zero-order chi connectivity index (χ0) is 20.1. The molecule has 0 atom stereocenters. The Labute approximate surface area is 179 Å². The van der Waals surface area contributed by atoms with E-state index in [1.54, 1.807) is 11.1 Å². The maximum Gasteiger partial charge on any atom is 0.131 e. The van der Waals surface area contributed by atoms with E-state index >= 15 is 0 Å². The van der Waals surface area contributed by atoms with Gasteiger partial charge in [0.25, 0.3) is 0 Å². The van der Waals surface area contributed by atoms with E-state index in [2.05, 4.69) is 66.6 Å². The Morgan fingerprint density at radius 1 is 0.621 bits per heavy atom. The third kappa shape index (κ3) is 4.86. The van der Waals surface area contributed by atoms with E-state index in [0.717, 1.165) is 0 Å². The molecule has 0 radical (unpaired) electrons. The number of rotatable bonds is 3. The van der Waals surface area contributed by atoms with Crippen molar-refractivity contribution < 1.29 is 0 Å². The number of hydrogen-bond donors (Lipinski definition) is 1. The van der Waals surface area contributed by atoms with Crippen LogP contribution in [-0.2, 0) is 0 Å². The van der Waals surface area contributed by atoms with Crippen molar-refractivity contribution in [3.63, 3.8) is 0 Å². The Morgan fingerprint density at radius 2 is 1.03 bits per heavy atom. The topological polar surface area (TPSA) is 12.0 Å². The molecule has 0 spiro atoms. The number of fused-ring (bicyclic) bond motifs is 3. The minimum absolute atomic E-state index is 0.566. The zero-order valence-corrected chi connectivity index (χ0v) is 19.6. The van der Waals surface area contributed by atoms with Crippen LogP contribution >= 0.6 is 0 Å². The van der Waals surface area contributed by atoms with Crippen molar-refractivity contribution in [2.75, 3.05) is 0 Å². The van der Waals surface area contributed by atoms with Gasteiger partial charge in [-0.15, -0.1) is 0 Å². The van der Waals surface area contributed by atoms with E-state index in [1.165, 1.54) is 81.8 Å². The Hall–Kier alpha value is -1.38. The molecule has 1 nitrogen and oxygen atoms in total. The molecule has 2 aromatic carbocycles. The molecule has 2 heteroatoms. The number of benzene rings is 2. The lowest BCUT2D eigenvalue weighted by molar-refractivity contribution is 0.442. The predicted molar refractivity (Wildman–Crippen MR) is 129 cm³/mol. The maximum atomic E-state index is 4.31. The van der Waals surface area contributed by atoms with E-state index in [-0.39, 0.29) is 0 Å². The van der Waals surface area contributed by atoms with Gasteiger partial charge in [0.2, 0.25) is 0 Å². The first-order valence-electron chi connectivity index (χ1n) is 12.1. The lowest BCUT2D eigenvalue weighted by Gasteiger charge is -2.36. The molecule has 4 rings (SSSR count). The summed E-state index contributed by atoms with van der Waals surface area (Å²) in [5, 5.41) is 0. The van der Waals surface area contributed by atoms with Crippen molar-refractivity contribution >= 4 is 8.24 Å². The Balaban J connectivity index is 1.54. The highest BCUT2D eigenvalue weighted by Gasteiger charge is 2.41. The van der Waals surface area contributed by atoms with Crippen molar-refractivity contribution in [2.45, 2.75) is 95.3 Å². The molecule has 0 saturated heterocycles. The lowest BCUT2D eigenvalue weighted by atomic mass is 9.98. The quantitative estimate of drug-likeness (QED) is 0.513. The molecule has 0 heterocycles. The summed E-state index contributed by atoms with van der Waals surface area (Å²) in [6.07, 6.45) is 15.6. The van der Waals surface area contributed by atoms with E-state index in [4.69, 9.17) is 0 Å². The molecule has 29 heavy (non-hydrogen) atoms. The minimum Gasteiger partial charge on any atom is -0.334 e. The van der Waals surface area contributed by atoms with Crippen LogP contribution in [-0.4, -0.2) is 14.3 Å². The average molecular weight is 406 g/mol. The van der Waals surface area contributed by atoms with Gasteiger partial charge in [-0.2, -0.15) is 0 Å². The van der Waals surface area contributed by atoms with Crippen LogP contribution in [0.5, 0.6) is 0 Å². The number of nitrogens with one attached hydrogen (secondary N) is 1. The van der Waals surface area contributed by atoms with Crippen LogP contribution in [0.25, 0.3) is 11.1 Å². The molecule has 0 amide bonds. The van der Waals surface area contributed by atoms with E-state index in [1.807, 2.05) is 0 Å². The SMILES string of the molecule is C[Si](C)(NC1CCCCCCCCCCC1)C1c2ccccc2-c2ccccc21. The van der Waals surface area contributed by atoms with E-state index < -0.39 is 8.24 Å². The summed E-state index contributed by atoms with van der Waals surface area (Å²) < 4.78 is 0. The Morgan fingerprint density at radius 3 is 1.52 bits per heavy atom. The fraction of sp³-hybridized carbons (Fsp3) is 0.556. The van der Waals surface area contributed by atoms with E-state index in [9.17, 15) is 0 Å². The summed E-state index contributed by atoms with van der Waals surface area (Å²) in [7, 11) is -1.70. The first-order valence-corrected chi connectivity index (χ1v) is 15.2. The summed E-state index contributed by atoms with van der Waals surface area (Å²) in [5.74, 6) is 0. The van der Waals surface area contributed by atoms with Gasteiger partial charge in [0.05, 0.1) is 0 Å². The van der Waals surface area contributed by atoms with Crippen molar-refractivity contribution in [3.05, 3.63) is 59.7 Å². The predicted octanol–water partition coefficient (Wildman–Crippen LogP) is 7.81. The molecule has 2 aromatic rings. The van der Waals surface area contributed by atoms with Gasteiger partial charge in [-0.05, 0) is 35.1 Å². The third-order valence-corrected chi connectivity index (χ3v) is 10.5. The van der Waals surface area contributed by atoms with Crippen LogP contribution in [0.4, 0.5) is 0 Å². The second-order valence-corrected chi connectivity index (χ2v) is 14.2. The first-order chi connectivity index (χ1) is 14.2. The monoisotopic (exact) mass is 405 g/mol. The highest BCUT2D eigenvalue weighted by Crippen LogP contribution is 2.48. The standard InChI is InChI=1S/C27H39NSi/c1-29(2,28-22-16-10-8-6-4-3-5-7-9-11-17-22)27-25-20-14-12-18-23(25)24-19-13-15-21-26(24)27/h12-15,18-22,27-28H,3-11,16-17H2,1-2H3. The molecular formula is C27H39NSi.